The second-order valence-electron chi connectivity index (χ2n) is 7.26. The molecule has 3 aromatic carbocycles. The van der Waals surface area contributed by atoms with E-state index in [1.807, 2.05) is 0 Å². The molecule has 0 unspecified atom stereocenters. The van der Waals surface area contributed by atoms with Crippen molar-refractivity contribution < 1.29 is 0 Å². The molecule has 0 bridgehead atoms. The second kappa shape index (κ2) is 9.90. The zero-order chi connectivity index (χ0) is 19.1. The lowest BCUT2D eigenvalue weighted by atomic mass is 9.93. The van der Waals surface area contributed by atoms with Gasteiger partial charge in [-0.3, -0.25) is 0 Å². The molecule has 3 rings (SSSR count). The number of hydrogen-bond acceptors (Lipinski definition) is 0. The van der Waals surface area contributed by atoms with Crippen LogP contribution >= 0.6 is 15.9 Å². The maximum Gasteiger partial charge on any atom is 0.0259 e. The molecule has 0 fully saturated rings. The Labute approximate surface area is 172 Å². The lowest BCUT2D eigenvalue weighted by Crippen LogP contribution is -1.90. The molecule has 140 valence electrons. The van der Waals surface area contributed by atoms with E-state index in [0.29, 0.717) is 0 Å². The smallest absolute Gasteiger partial charge is 0.0259 e. The average Bonchev–Trinajstić information content (AvgIpc) is 2.71. The molecule has 0 aromatic heterocycles. The molecule has 0 heterocycles. The summed E-state index contributed by atoms with van der Waals surface area (Å²) in [6, 6.07) is 24.7. The molecule has 27 heavy (non-hydrogen) atoms. The van der Waals surface area contributed by atoms with Crippen LogP contribution in [0.25, 0.3) is 22.3 Å². The van der Waals surface area contributed by atoms with Crippen LogP contribution in [0.2, 0.25) is 0 Å². The van der Waals surface area contributed by atoms with Crippen molar-refractivity contribution in [2.45, 2.75) is 52.4 Å². The van der Waals surface area contributed by atoms with E-state index in [-0.39, 0.29) is 0 Å². The zero-order valence-electron chi connectivity index (χ0n) is 16.5. The molecule has 0 aliphatic carbocycles. The van der Waals surface area contributed by atoms with Crippen molar-refractivity contribution in [1.82, 2.24) is 0 Å². The summed E-state index contributed by atoms with van der Waals surface area (Å²) in [5, 5.41) is 0. The van der Waals surface area contributed by atoms with Gasteiger partial charge in [0.15, 0.2) is 0 Å². The van der Waals surface area contributed by atoms with Crippen LogP contribution < -0.4 is 0 Å². The Morgan fingerprint density at radius 2 is 1.15 bits per heavy atom. The third kappa shape index (κ3) is 5.11. The van der Waals surface area contributed by atoms with Gasteiger partial charge in [0.2, 0.25) is 0 Å². The van der Waals surface area contributed by atoms with Gasteiger partial charge in [0.25, 0.3) is 0 Å². The highest BCUT2D eigenvalue weighted by Crippen LogP contribution is 2.38. The van der Waals surface area contributed by atoms with Gasteiger partial charge in [0.1, 0.15) is 0 Å². The van der Waals surface area contributed by atoms with E-state index >= 15 is 0 Å². The van der Waals surface area contributed by atoms with Crippen LogP contribution in [0.3, 0.4) is 0 Å². The van der Waals surface area contributed by atoms with Crippen molar-refractivity contribution in [2.24, 2.45) is 0 Å². The molecule has 0 amide bonds. The molecule has 0 spiro atoms. The fraction of sp³-hybridized carbons (Fsp3) is 0.308. The fourth-order valence-electron chi connectivity index (χ4n) is 3.51. The molecular weight excluding hydrogens is 392 g/mol. The molecule has 0 radical (unpaired) electrons. The Hall–Kier alpha value is -1.86. The lowest BCUT2D eigenvalue weighted by molar-refractivity contribution is 0.795. The lowest BCUT2D eigenvalue weighted by Gasteiger charge is -2.14. The molecule has 0 nitrogen and oxygen atoms in total. The summed E-state index contributed by atoms with van der Waals surface area (Å²) in [5.74, 6) is 0. The fourth-order valence-corrected chi connectivity index (χ4v) is 4.10. The highest BCUT2D eigenvalue weighted by atomic mass is 79.9. The van der Waals surface area contributed by atoms with Crippen LogP contribution in [-0.4, -0.2) is 0 Å². The molecule has 0 saturated heterocycles. The Bertz CT molecular complexity index is 844. The van der Waals surface area contributed by atoms with E-state index < -0.39 is 0 Å². The van der Waals surface area contributed by atoms with Gasteiger partial charge in [0, 0.05) is 10.0 Å². The van der Waals surface area contributed by atoms with Crippen molar-refractivity contribution in [3.05, 3.63) is 82.3 Å². The van der Waals surface area contributed by atoms with Gasteiger partial charge in [0.05, 0.1) is 0 Å². The topological polar surface area (TPSA) is 0 Å². The van der Waals surface area contributed by atoms with Crippen LogP contribution in [-0.2, 0) is 12.8 Å². The highest BCUT2D eigenvalue weighted by molar-refractivity contribution is 9.10. The van der Waals surface area contributed by atoms with Crippen LogP contribution in [0.5, 0.6) is 0 Å². The third-order valence-electron chi connectivity index (χ3n) is 5.16. The second-order valence-corrected chi connectivity index (χ2v) is 8.12. The summed E-state index contributed by atoms with van der Waals surface area (Å²) in [5.41, 5.74) is 7.97. The van der Waals surface area contributed by atoms with E-state index in [9.17, 15) is 0 Å². The van der Waals surface area contributed by atoms with Gasteiger partial charge < -0.3 is 0 Å². The predicted molar refractivity (Wildman–Crippen MR) is 122 cm³/mol. The number of hydrogen-bond donors (Lipinski definition) is 0. The molecule has 0 aliphatic heterocycles. The minimum absolute atomic E-state index is 1.15. The summed E-state index contributed by atoms with van der Waals surface area (Å²) >= 11 is 3.79. The maximum atomic E-state index is 3.79. The summed E-state index contributed by atoms with van der Waals surface area (Å²) in [6.45, 7) is 4.49. The van der Waals surface area contributed by atoms with E-state index in [4.69, 9.17) is 0 Å². The standard InChI is InChI=1S/C26H29Br/c1-3-5-8-20-12-16-22(17-13-20)24-10-7-11-25(27)26(24)23-18-14-21(15-19-23)9-6-4-2/h7,10-19H,3-6,8-9H2,1-2H3. The third-order valence-corrected chi connectivity index (χ3v) is 5.82. The largest absolute Gasteiger partial charge is 0.0654 e. The highest BCUT2D eigenvalue weighted by Gasteiger charge is 2.11. The van der Waals surface area contributed by atoms with Gasteiger partial charge >= 0.3 is 0 Å². The minimum atomic E-state index is 1.15. The zero-order valence-corrected chi connectivity index (χ0v) is 18.1. The Kier molecular flexibility index (Phi) is 7.29. The molecule has 1 heteroatoms. The van der Waals surface area contributed by atoms with E-state index in [1.165, 1.54) is 71.9 Å². The monoisotopic (exact) mass is 420 g/mol. The average molecular weight is 421 g/mol. The number of aryl methyl sites for hydroxylation is 2. The van der Waals surface area contributed by atoms with Crippen LogP contribution in [0.4, 0.5) is 0 Å². The summed E-state index contributed by atoms with van der Waals surface area (Å²) < 4.78 is 1.15. The Morgan fingerprint density at radius 3 is 1.67 bits per heavy atom. The summed E-state index contributed by atoms with van der Waals surface area (Å²) in [7, 11) is 0. The van der Waals surface area contributed by atoms with Crippen LogP contribution in [0.1, 0.15) is 50.7 Å². The maximum absolute atomic E-state index is 3.79. The van der Waals surface area contributed by atoms with E-state index in [1.54, 1.807) is 0 Å². The van der Waals surface area contributed by atoms with Crippen molar-refractivity contribution in [3.63, 3.8) is 0 Å². The van der Waals surface area contributed by atoms with Gasteiger partial charge in [-0.15, -0.1) is 0 Å². The van der Waals surface area contributed by atoms with Crippen molar-refractivity contribution >= 4 is 15.9 Å². The number of benzene rings is 3. The summed E-state index contributed by atoms with van der Waals surface area (Å²) in [4.78, 5) is 0. The van der Waals surface area contributed by atoms with Crippen LogP contribution in [0.15, 0.2) is 71.2 Å². The number of halogens is 1. The van der Waals surface area contributed by atoms with Crippen molar-refractivity contribution in [1.29, 1.82) is 0 Å². The van der Waals surface area contributed by atoms with Gasteiger partial charge in [-0.2, -0.15) is 0 Å². The quantitative estimate of drug-likeness (QED) is 0.342. The van der Waals surface area contributed by atoms with Crippen LogP contribution in [0, 0.1) is 0 Å². The number of rotatable bonds is 8. The molecule has 3 aromatic rings. The Balaban J connectivity index is 1.93. The van der Waals surface area contributed by atoms with Gasteiger partial charge in [-0.1, -0.05) is 103 Å². The first-order chi connectivity index (χ1) is 13.2. The van der Waals surface area contributed by atoms with E-state index in [0.717, 1.165) is 4.47 Å². The summed E-state index contributed by atoms with van der Waals surface area (Å²) in [6.07, 6.45) is 7.33. The molecule has 0 saturated carbocycles. The predicted octanol–water partition coefficient (Wildman–Crippen LogP) is 8.47. The molecular formula is C26H29Br. The van der Waals surface area contributed by atoms with Crippen molar-refractivity contribution in [3.8, 4) is 22.3 Å². The van der Waals surface area contributed by atoms with E-state index in [2.05, 4.69) is 96.5 Å². The SMILES string of the molecule is CCCCc1ccc(-c2cccc(Br)c2-c2ccc(CCCC)cc2)cc1. The molecule has 0 aliphatic rings. The molecule has 0 N–H and O–H groups in total. The van der Waals surface area contributed by atoms with Gasteiger partial charge in [-0.05, 0) is 59.6 Å². The first kappa shape index (κ1) is 19.9. The first-order valence-electron chi connectivity index (χ1n) is 10.2. The van der Waals surface area contributed by atoms with Gasteiger partial charge in [-0.25, -0.2) is 0 Å². The normalized spacial score (nSPS) is 10.9. The van der Waals surface area contributed by atoms with Crippen molar-refractivity contribution in [2.75, 3.05) is 0 Å². The Morgan fingerprint density at radius 1 is 0.630 bits per heavy atom. The minimum Gasteiger partial charge on any atom is -0.0654 e. The first-order valence-corrected chi connectivity index (χ1v) is 11.0. The molecule has 0 atom stereocenters. The number of unbranched alkanes of at least 4 members (excludes halogenated alkanes) is 2.